The van der Waals surface area contributed by atoms with Crippen molar-refractivity contribution in [3.8, 4) is 0 Å². The molecular weight excluding hydrogens is 202 g/mol. The zero-order valence-corrected chi connectivity index (χ0v) is 8.51. The Kier molecular flexibility index (Phi) is 2.54. The summed E-state index contributed by atoms with van der Waals surface area (Å²) in [5.74, 6) is 0.659. The van der Waals surface area contributed by atoms with Crippen molar-refractivity contribution in [1.29, 1.82) is 0 Å². The van der Waals surface area contributed by atoms with Crippen LogP contribution in [-0.4, -0.2) is 16.5 Å². The van der Waals surface area contributed by atoms with E-state index >= 15 is 0 Å². The molecule has 74 valence electrons. The largest absolute Gasteiger partial charge is 0.459 e. The lowest BCUT2D eigenvalue weighted by molar-refractivity contribution is 0.614. The number of hydrogen-bond donors (Lipinski definition) is 1. The van der Waals surface area contributed by atoms with Gasteiger partial charge in [0, 0.05) is 12.6 Å². The van der Waals surface area contributed by atoms with E-state index in [1.807, 2.05) is 0 Å². The molecule has 4 nitrogen and oxygen atoms in total. The summed E-state index contributed by atoms with van der Waals surface area (Å²) in [5.41, 5.74) is 1.38. The summed E-state index contributed by atoms with van der Waals surface area (Å²) in [6.07, 6.45) is 2.59. The highest BCUT2D eigenvalue weighted by atomic mass is 35.5. The first-order valence-electron chi connectivity index (χ1n) is 4.46. The summed E-state index contributed by atoms with van der Waals surface area (Å²) in [5, 5.41) is 3.37. The van der Waals surface area contributed by atoms with Gasteiger partial charge in [0.25, 0.3) is 0 Å². The Morgan fingerprint density at radius 1 is 1.50 bits per heavy atom. The van der Waals surface area contributed by atoms with Gasteiger partial charge in [0.1, 0.15) is 5.52 Å². The number of hydrogen-bond acceptors (Lipinski definition) is 4. The van der Waals surface area contributed by atoms with Gasteiger partial charge in [-0.2, -0.15) is 4.98 Å². The summed E-state index contributed by atoms with van der Waals surface area (Å²) < 4.78 is 5.25. The average molecular weight is 212 g/mol. The summed E-state index contributed by atoms with van der Waals surface area (Å²) in [6, 6.07) is 1.76. The van der Waals surface area contributed by atoms with Gasteiger partial charge < -0.3 is 9.73 Å². The molecule has 0 atom stereocenters. The minimum Gasteiger partial charge on any atom is -0.459 e. The van der Waals surface area contributed by atoms with Crippen LogP contribution in [0.2, 0.25) is 5.28 Å². The van der Waals surface area contributed by atoms with Gasteiger partial charge in [-0.1, -0.05) is 6.92 Å². The molecule has 2 aromatic rings. The first-order chi connectivity index (χ1) is 6.81. The van der Waals surface area contributed by atoms with Gasteiger partial charge in [0.2, 0.25) is 5.28 Å². The fourth-order valence-electron chi connectivity index (χ4n) is 1.20. The van der Waals surface area contributed by atoms with E-state index in [9.17, 15) is 0 Å². The van der Waals surface area contributed by atoms with Crippen molar-refractivity contribution < 1.29 is 4.42 Å². The fraction of sp³-hybridized carbons (Fsp3) is 0.333. The van der Waals surface area contributed by atoms with Crippen molar-refractivity contribution in [2.75, 3.05) is 11.9 Å². The molecule has 0 aliphatic heterocycles. The van der Waals surface area contributed by atoms with E-state index in [0.717, 1.165) is 18.5 Å². The molecule has 0 bridgehead atoms. The van der Waals surface area contributed by atoms with Crippen LogP contribution in [0.5, 0.6) is 0 Å². The number of halogens is 1. The summed E-state index contributed by atoms with van der Waals surface area (Å²) in [4.78, 5) is 8.09. The van der Waals surface area contributed by atoms with Crippen LogP contribution in [0.1, 0.15) is 13.3 Å². The van der Waals surface area contributed by atoms with Crippen LogP contribution in [0.3, 0.4) is 0 Å². The van der Waals surface area contributed by atoms with E-state index in [4.69, 9.17) is 16.0 Å². The van der Waals surface area contributed by atoms with E-state index in [-0.39, 0.29) is 5.28 Å². The second-order valence-electron chi connectivity index (χ2n) is 2.90. The quantitative estimate of drug-likeness (QED) is 0.794. The van der Waals surface area contributed by atoms with Gasteiger partial charge in [0.05, 0.1) is 6.26 Å². The number of furan rings is 1. The normalized spacial score (nSPS) is 10.7. The molecule has 2 rings (SSSR count). The zero-order chi connectivity index (χ0) is 9.97. The second kappa shape index (κ2) is 3.84. The number of rotatable bonds is 3. The maximum absolute atomic E-state index is 5.76. The monoisotopic (exact) mass is 211 g/mol. The smallest absolute Gasteiger partial charge is 0.225 e. The molecule has 2 heterocycles. The van der Waals surface area contributed by atoms with Crippen LogP contribution in [0, 0.1) is 0 Å². The van der Waals surface area contributed by atoms with Crippen molar-refractivity contribution >= 4 is 28.5 Å². The predicted molar refractivity (Wildman–Crippen MR) is 55.6 cm³/mol. The molecule has 0 fully saturated rings. The molecule has 0 saturated heterocycles. The molecule has 0 aliphatic rings. The fourth-order valence-corrected chi connectivity index (χ4v) is 1.37. The molecule has 2 aromatic heterocycles. The lowest BCUT2D eigenvalue weighted by atomic mass is 10.4. The maximum Gasteiger partial charge on any atom is 0.225 e. The summed E-state index contributed by atoms with van der Waals surface area (Å²) >= 11 is 5.76. The number of anilines is 1. The maximum atomic E-state index is 5.76. The lowest BCUT2D eigenvalue weighted by Crippen LogP contribution is -2.02. The Hall–Kier alpha value is -1.29. The second-order valence-corrected chi connectivity index (χ2v) is 3.24. The Morgan fingerprint density at radius 3 is 3.14 bits per heavy atom. The number of aromatic nitrogens is 2. The molecule has 0 radical (unpaired) electrons. The van der Waals surface area contributed by atoms with Crippen LogP contribution in [-0.2, 0) is 0 Å². The van der Waals surface area contributed by atoms with Gasteiger partial charge >= 0.3 is 0 Å². The number of nitrogens with zero attached hydrogens (tertiary/aromatic N) is 2. The topological polar surface area (TPSA) is 51.0 Å². The molecule has 0 aliphatic carbocycles. The average Bonchev–Trinajstić information content (AvgIpc) is 2.61. The van der Waals surface area contributed by atoms with E-state index < -0.39 is 0 Å². The van der Waals surface area contributed by atoms with Crippen LogP contribution in [0.15, 0.2) is 16.7 Å². The van der Waals surface area contributed by atoms with Crippen molar-refractivity contribution in [3.63, 3.8) is 0 Å². The van der Waals surface area contributed by atoms with Gasteiger partial charge in [-0.15, -0.1) is 0 Å². The molecule has 0 saturated carbocycles. The Labute approximate surface area is 86.3 Å². The molecule has 5 heteroatoms. The molecule has 0 aromatic carbocycles. The van der Waals surface area contributed by atoms with Crippen LogP contribution in [0.25, 0.3) is 11.1 Å². The lowest BCUT2D eigenvalue weighted by Gasteiger charge is -2.03. The van der Waals surface area contributed by atoms with E-state index in [2.05, 4.69) is 22.2 Å². The zero-order valence-electron chi connectivity index (χ0n) is 7.75. The third kappa shape index (κ3) is 1.65. The van der Waals surface area contributed by atoms with Crippen molar-refractivity contribution in [2.24, 2.45) is 0 Å². The predicted octanol–water partition coefficient (Wildman–Crippen LogP) is 2.70. The Balaban J connectivity index is 2.44. The minimum atomic E-state index is 0.234. The Morgan fingerprint density at radius 2 is 2.36 bits per heavy atom. The van der Waals surface area contributed by atoms with Crippen molar-refractivity contribution in [2.45, 2.75) is 13.3 Å². The highest BCUT2D eigenvalue weighted by molar-refractivity contribution is 6.28. The number of nitrogens with one attached hydrogen (secondary N) is 1. The van der Waals surface area contributed by atoms with Crippen LogP contribution < -0.4 is 5.32 Å². The minimum absolute atomic E-state index is 0.234. The molecule has 0 spiro atoms. The van der Waals surface area contributed by atoms with E-state index in [1.54, 1.807) is 12.3 Å². The standard InChI is InChI=1S/C9H10ClN3O/c1-2-4-11-8-7-6(3-5-14-7)12-9(10)13-8/h3,5H,2,4H2,1H3,(H,11,12,13). The molecule has 14 heavy (non-hydrogen) atoms. The first-order valence-corrected chi connectivity index (χ1v) is 4.83. The highest BCUT2D eigenvalue weighted by Crippen LogP contribution is 2.22. The van der Waals surface area contributed by atoms with Gasteiger partial charge in [0.15, 0.2) is 11.4 Å². The molecule has 0 unspecified atom stereocenters. The van der Waals surface area contributed by atoms with Gasteiger partial charge in [-0.25, -0.2) is 4.98 Å². The van der Waals surface area contributed by atoms with Crippen molar-refractivity contribution in [1.82, 2.24) is 9.97 Å². The van der Waals surface area contributed by atoms with Gasteiger partial charge in [-0.3, -0.25) is 0 Å². The SMILES string of the molecule is CCCNc1nc(Cl)nc2ccoc12. The number of fused-ring (bicyclic) bond motifs is 1. The van der Waals surface area contributed by atoms with Crippen molar-refractivity contribution in [3.05, 3.63) is 17.6 Å². The van der Waals surface area contributed by atoms with Gasteiger partial charge in [-0.05, 0) is 18.0 Å². The third-order valence-electron chi connectivity index (χ3n) is 1.82. The summed E-state index contributed by atoms with van der Waals surface area (Å²) in [7, 11) is 0. The Bertz CT molecular complexity index is 441. The summed E-state index contributed by atoms with van der Waals surface area (Å²) in [6.45, 7) is 2.91. The first kappa shape index (κ1) is 9.27. The van der Waals surface area contributed by atoms with Crippen LogP contribution in [0.4, 0.5) is 5.82 Å². The molecule has 0 amide bonds. The molecule has 1 N–H and O–H groups in total. The highest BCUT2D eigenvalue weighted by Gasteiger charge is 2.08. The van der Waals surface area contributed by atoms with E-state index in [0.29, 0.717) is 11.4 Å². The molecular formula is C9H10ClN3O. The van der Waals surface area contributed by atoms with Crippen LogP contribution >= 0.6 is 11.6 Å². The third-order valence-corrected chi connectivity index (χ3v) is 1.99. The van der Waals surface area contributed by atoms with E-state index in [1.165, 1.54) is 0 Å².